The molecule has 0 aliphatic carbocycles. The zero-order valence-corrected chi connectivity index (χ0v) is 9.21. The fourth-order valence-electron chi connectivity index (χ4n) is 0.954. The SMILES string of the molecule is COC(=O)CSCc1ccnc(NN)c1. The molecule has 5 nitrogen and oxygen atoms in total. The second-order valence-electron chi connectivity index (χ2n) is 2.76. The second-order valence-corrected chi connectivity index (χ2v) is 3.75. The number of hydrogen-bond acceptors (Lipinski definition) is 6. The van der Waals surface area contributed by atoms with Crippen LogP contribution < -0.4 is 11.3 Å². The normalized spacial score (nSPS) is 9.73. The predicted octanol–water partition coefficient (Wildman–Crippen LogP) is 0.773. The highest BCUT2D eigenvalue weighted by Gasteiger charge is 2.01. The van der Waals surface area contributed by atoms with Crippen molar-refractivity contribution in [3.63, 3.8) is 0 Å². The lowest BCUT2D eigenvalue weighted by Crippen LogP contribution is -2.08. The van der Waals surface area contributed by atoms with E-state index in [0.717, 1.165) is 11.3 Å². The maximum Gasteiger partial charge on any atom is 0.315 e. The van der Waals surface area contributed by atoms with Crippen molar-refractivity contribution in [1.29, 1.82) is 0 Å². The number of carbonyl (C=O) groups excluding carboxylic acids is 1. The van der Waals surface area contributed by atoms with Gasteiger partial charge in [0.05, 0.1) is 12.9 Å². The highest BCUT2D eigenvalue weighted by molar-refractivity contribution is 7.99. The van der Waals surface area contributed by atoms with Crippen LogP contribution in [-0.2, 0) is 15.3 Å². The average molecular weight is 227 g/mol. The Labute approximate surface area is 92.4 Å². The molecule has 6 heteroatoms. The number of nitrogens with zero attached hydrogens (tertiary/aromatic N) is 1. The van der Waals surface area contributed by atoms with E-state index in [0.29, 0.717) is 11.6 Å². The molecule has 0 atom stereocenters. The molecule has 3 N–H and O–H groups in total. The molecule has 1 rings (SSSR count). The first-order valence-corrected chi connectivity index (χ1v) is 5.48. The van der Waals surface area contributed by atoms with E-state index in [4.69, 9.17) is 5.84 Å². The Morgan fingerprint density at radius 1 is 1.73 bits per heavy atom. The summed E-state index contributed by atoms with van der Waals surface area (Å²) in [6.45, 7) is 0. The lowest BCUT2D eigenvalue weighted by Gasteiger charge is -2.03. The van der Waals surface area contributed by atoms with Crippen molar-refractivity contribution in [2.75, 3.05) is 18.3 Å². The van der Waals surface area contributed by atoms with E-state index in [1.54, 1.807) is 6.20 Å². The first kappa shape index (κ1) is 11.8. The average Bonchev–Trinajstić information content (AvgIpc) is 2.29. The van der Waals surface area contributed by atoms with Crippen LogP contribution in [0.25, 0.3) is 0 Å². The van der Waals surface area contributed by atoms with E-state index >= 15 is 0 Å². The van der Waals surface area contributed by atoms with Crippen molar-refractivity contribution in [3.8, 4) is 0 Å². The highest BCUT2D eigenvalue weighted by atomic mass is 32.2. The van der Waals surface area contributed by atoms with Crippen LogP contribution in [0.4, 0.5) is 5.82 Å². The summed E-state index contributed by atoms with van der Waals surface area (Å²) in [4.78, 5) is 14.8. The third-order valence-electron chi connectivity index (χ3n) is 1.69. The molecule has 82 valence electrons. The molecule has 0 spiro atoms. The fraction of sp³-hybridized carbons (Fsp3) is 0.333. The van der Waals surface area contributed by atoms with Crippen LogP contribution in [0.1, 0.15) is 5.56 Å². The topological polar surface area (TPSA) is 77.2 Å². The first-order valence-electron chi connectivity index (χ1n) is 4.32. The predicted molar refractivity (Wildman–Crippen MR) is 60.2 cm³/mol. The molecule has 0 radical (unpaired) electrons. The van der Waals surface area contributed by atoms with Crippen LogP contribution in [0.15, 0.2) is 18.3 Å². The molecule has 0 fully saturated rings. The molecule has 0 aliphatic heterocycles. The molecular weight excluding hydrogens is 214 g/mol. The minimum Gasteiger partial charge on any atom is -0.468 e. The maximum absolute atomic E-state index is 10.8. The van der Waals surface area contributed by atoms with Gasteiger partial charge in [-0.05, 0) is 17.7 Å². The molecule has 0 bridgehead atoms. The summed E-state index contributed by atoms with van der Waals surface area (Å²) >= 11 is 1.49. The molecule has 0 aliphatic rings. The van der Waals surface area contributed by atoms with Crippen LogP contribution in [-0.4, -0.2) is 23.8 Å². The molecule has 1 aromatic heterocycles. The number of anilines is 1. The minimum atomic E-state index is -0.216. The molecule has 0 aromatic carbocycles. The van der Waals surface area contributed by atoms with E-state index < -0.39 is 0 Å². The Morgan fingerprint density at radius 2 is 2.53 bits per heavy atom. The van der Waals surface area contributed by atoms with Crippen molar-refractivity contribution < 1.29 is 9.53 Å². The van der Waals surface area contributed by atoms with Crippen LogP contribution in [0.3, 0.4) is 0 Å². The molecule has 0 saturated carbocycles. The lowest BCUT2D eigenvalue weighted by molar-refractivity contribution is -0.137. The van der Waals surface area contributed by atoms with E-state index in [9.17, 15) is 4.79 Å². The summed E-state index contributed by atoms with van der Waals surface area (Å²) in [5, 5.41) is 0. The second kappa shape index (κ2) is 6.26. The Bertz CT molecular complexity index is 333. The van der Waals surface area contributed by atoms with Crippen molar-refractivity contribution in [2.45, 2.75) is 5.75 Å². The monoisotopic (exact) mass is 227 g/mol. The number of methoxy groups -OCH3 is 1. The van der Waals surface area contributed by atoms with Crippen LogP contribution >= 0.6 is 11.8 Å². The van der Waals surface area contributed by atoms with Crippen LogP contribution in [0.5, 0.6) is 0 Å². The Balaban J connectivity index is 2.40. The number of ether oxygens (including phenoxy) is 1. The number of nitrogen functional groups attached to an aromatic ring is 1. The van der Waals surface area contributed by atoms with Gasteiger partial charge < -0.3 is 10.2 Å². The number of nitrogens with one attached hydrogen (secondary N) is 1. The Hall–Kier alpha value is -1.27. The highest BCUT2D eigenvalue weighted by Crippen LogP contribution is 2.14. The maximum atomic E-state index is 10.8. The largest absolute Gasteiger partial charge is 0.468 e. The van der Waals surface area contributed by atoms with Gasteiger partial charge in [0.15, 0.2) is 0 Å². The molecule has 15 heavy (non-hydrogen) atoms. The zero-order chi connectivity index (χ0) is 11.1. The summed E-state index contributed by atoms with van der Waals surface area (Å²) in [5.74, 6) is 6.70. The molecule has 0 saturated heterocycles. The van der Waals surface area contributed by atoms with Crippen molar-refractivity contribution in [1.82, 2.24) is 4.98 Å². The van der Waals surface area contributed by atoms with Crippen molar-refractivity contribution in [2.24, 2.45) is 5.84 Å². The Morgan fingerprint density at radius 3 is 3.20 bits per heavy atom. The van der Waals surface area contributed by atoms with E-state index in [1.165, 1.54) is 18.9 Å². The van der Waals surface area contributed by atoms with Gasteiger partial charge in [0, 0.05) is 11.9 Å². The summed E-state index contributed by atoms with van der Waals surface area (Å²) in [6.07, 6.45) is 1.67. The van der Waals surface area contributed by atoms with E-state index in [-0.39, 0.29) is 5.97 Å². The van der Waals surface area contributed by atoms with Gasteiger partial charge in [-0.1, -0.05) is 0 Å². The third kappa shape index (κ3) is 4.18. The van der Waals surface area contributed by atoms with Crippen molar-refractivity contribution >= 4 is 23.5 Å². The number of rotatable bonds is 5. The number of aromatic nitrogens is 1. The molecule has 1 heterocycles. The van der Waals surface area contributed by atoms with Gasteiger partial charge >= 0.3 is 5.97 Å². The quantitative estimate of drug-likeness (QED) is 0.439. The molecule has 0 amide bonds. The molecule has 1 aromatic rings. The summed E-state index contributed by atoms with van der Waals surface area (Å²) < 4.78 is 4.53. The number of carbonyl (C=O) groups is 1. The number of hydrazine groups is 1. The van der Waals surface area contributed by atoms with Gasteiger partial charge in [-0.3, -0.25) is 4.79 Å². The van der Waals surface area contributed by atoms with Gasteiger partial charge in [-0.2, -0.15) is 0 Å². The number of hydrogen-bond donors (Lipinski definition) is 2. The smallest absolute Gasteiger partial charge is 0.315 e. The van der Waals surface area contributed by atoms with Gasteiger partial charge in [-0.15, -0.1) is 11.8 Å². The standard InChI is InChI=1S/C9H13N3O2S/c1-14-9(13)6-15-5-7-2-3-11-8(4-7)12-10/h2-4H,5-6,10H2,1H3,(H,11,12). The lowest BCUT2D eigenvalue weighted by atomic mass is 10.3. The minimum absolute atomic E-state index is 0.216. The number of pyridine rings is 1. The zero-order valence-electron chi connectivity index (χ0n) is 8.40. The number of nitrogens with two attached hydrogens (primary N) is 1. The van der Waals surface area contributed by atoms with Crippen molar-refractivity contribution in [3.05, 3.63) is 23.9 Å². The number of thioether (sulfide) groups is 1. The summed E-state index contributed by atoms with van der Waals surface area (Å²) in [5.41, 5.74) is 3.53. The molecule has 0 unspecified atom stereocenters. The first-order chi connectivity index (χ1) is 7.26. The van der Waals surface area contributed by atoms with E-state index in [2.05, 4.69) is 15.1 Å². The van der Waals surface area contributed by atoms with Crippen LogP contribution in [0.2, 0.25) is 0 Å². The summed E-state index contributed by atoms with van der Waals surface area (Å²) in [7, 11) is 1.38. The Kier molecular flexibility index (Phi) is 4.92. The molecular formula is C9H13N3O2S. The third-order valence-corrected chi connectivity index (χ3v) is 2.67. The van der Waals surface area contributed by atoms with Gasteiger partial charge in [0.25, 0.3) is 0 Å². The van der Waals surface area contributed by atoms with E-state index in [1.807, 2.05) is 12.1 Å². The van der Waals surface area contributed by atoms with Crippen LogP contribution in [0, 0.1) is 0 Å². The number of esters is 1. The summed E-state index contributed by atoms with van der Waals surface area (Å²) in [6, 6.07) is 3.72. The van der Waals surface area contributed by atoms with Gasteiger partial charge in [0.2, 0.25) is 0 Å². The fourth-order valence-corrected chi connectivity index (χ4v) is 1.76. The van der Waals surface area contributed by atoms with Gasteiger partial charge in [-0.25, -0.2) is 10.8 Å². The van der Waals surface area contributed by atoms with Gasteiger partial charge in [0.1, 0.15) is 5.82 Å².